The third kappa shape index (κ3) is 4.38. The van der Waals surface area contributed by atoms with E-state index in [-0.39, 0.29) is 5.56 Å². The van der Waals surface area contributed by atoms with Gasteiger partial charge in [-0.25, -0.2) is 9.67 Å². The first-order valence-corrected chi connectivity index (χ1v) is 8.69. The second-order valence-electron chi connectivity index (χ2n) is 4.81. The first-order valence-electron chi connectivity index (χ1n) is 7.02. The van der Waals surface area contributed by atoms with Gasteiger partial charge in [0.05, 0.1) is 16.9 Å². The van der Waals surface area contributed by atoms with Gasteiger partial charge in [0.1, 0.15) is 4.47 Å². The lowest BCUT2D eigenvalue weighted by Gasteiger charge is -2.09. The van der Waals surface area contributed by atoms with Crippen molar-refractivity contribution in [2.75, 3.05) is 11.9 Å². The van der Waals surface area contributed by atoms with Crippen molar-refractivity contribution in [3.8, 4) is 0 Å². The first-order chi connectivity index (χ1) is 10.1. The Kier molecular flexibility index (Phi) is 5.93. The number of aromatic nitrogens is 3. The van der Waals surface area contributed by atoms with E-state index in [1.807, 2.05) is 12.3 Å². The smallest absolute Gasteiger partial charge is 0.283 e. The van der Waals surface area contributed by atoms with Crippen LogP contribution < -0.4 is 10.9 Å². The average molecular weight is 371 g/mol. The van der Waals surface area contributed by atoms with Crippen LogP contribution in [0.2, 0.25) is 0 Å². The summed E-state index contributed by atoms with van der Waals surface area (Å²) in [5.41, 5.74) is 1.70. The Labute approximate surface area is 136 Å². The van der Waals surface area contributed by atoms with Crippen LogP contribution in [0.5, 0.6) is 0 Å². The SMILES string of the molecule is CCCCn1ncc(NCCc2nc(C)cs2)c(Br)c1=O. The van der Waals surface area contributed by atoms with Crippen molar-refractivity contribution in [2.45, 2.75) is 39.7 Å². The number of aryl methyl sites for hydroxylation is 2. The number of thiazole rings is 1. The highest BCUT2D eigenvalue weighted by Gasteiger charge is 2.08. The molecule has 0 saturated carbocycles. The van der Waals surface area contributed by atoms with Crippen molar-refractivity contribution >= 4 is 33.0 Å². The van der Waals surface area contributed by atoms with Gasteiger partial charge in [0, 0.05) is 30.6 Å². The number of halogens is 1. The van der Waals surface area contributed by atoms with Crippen molar-refractivity contribution in [1.29, 1.82) is 0 Å². The predicted octanol–water partition coefficient (Wildman–Crippen LogP) is 3.23. The molecule has 2 aromatic heterocycles. The van der Waals surface area contributed by atoms with Crippen LogP contribution in [0.1, 0.15) is 30.5 Å². The van der Waals surface area contributed by atoms with Crippen LogP contribution >= 0.6 is 27.3 Å². The van der Waals surface area contributed by atoms with Crippen molar-refractivity contribution in [1.82, 2.24) is 14.8 Å². The van der Waals surface area contributed by atoms with E-state index in [9.17, 15) is 4.79 Å². The van der Waals surface area contributed by atoms with Gasteiger partial charge in [0.2, 0.25) is 0 Å². The molecule has 0 unspecified atom stereocenters. The molecular formula is C14H19BrN4OS. The summed E-state index contributed by atoms with van der Waals surface area (Å²) in [6.45, 7) is 5.47. The quantitative estimate of drug-likeness (QED) is 0.812. The molecule has 2 heterocycles. The maximum absolute atomic E-state index is 12.1. The zero-order chi connectivity index (χ0) is 15.2. The van der Waals surface area contributed by atoms with Crippen LogP contribution in [0.25, 0.3) is 0 Å². The molecule has 0 radical (unpaired) electrons. The van der Waals surface area contributed by atoms with Crippen LogP contribution in [0.4, 0.5) is 5.69 Å². The summed E-state index contributed by atoms with van der Waals surface area (Å²) < 4.78 is 2.05. The largest absolute Gasteiger partial charge is 0.382 e. The van der Waals surface area contributed by atoms with E-state index in [0.717, 1.165) is 42.2 Å². The molecule has 0 saturated heterocycles. The van der Waals surface area contributed by atoms with Crippen LogP contribution in [0.15, 0.2) is 20.8 Å². The lowest BCUT2D eigenvalue weighted by Crippen LogP contribution is -2.24. The van der Waals surface area contributed by atoms with E-state index in [0.29, 0.717) is 11.0 Å². The van der Waals surface area contributed by atoms with Gasteiger partial charge in [0.15, 0.2) is 0 Å². The molecule has 7 heteroatoms. The highest BCUT2D eigenvalue weighted by atomic mass is 79.9. The highest BCUT2D eigenvalue weighted by molar-refractivity contribution is 9.10. The summed E-state index contributed by atoms with van der Waals surface area (Å²) in [5.74, 6) is 0. The van der Waals surface area contributed by atoms with Gasteiger partial charge in [0.25, 0.3) is 5.56 Å². The highest BCUT2D eigenvalue weighted by Crippen LogP contribution is 2.17. The van der Waals surface area contributed by atoms with Gasteiger partial charge < -0.3 is 5.32 Å². The van der Waals surface area contributed by atoms with Crippen LogP contribution in [-0.2, 0) is 13.0 Å². The van der Waals surface area contributed by atoms with Crippen molar-refractivity contribution in [3.05, 3.63) is 37.1 Å². The van der Waals surface area contributed by atoms with E-state index in [1.165, 1.54) is 4.68 Å². The molecule has 114 valence electrons. The lowest BCUT2D eigenvalue weighted by atomic mass is 10.3. The Morgan fingerprint density at radius 1 is 1.48 bits per heavy atom. The van der Waals surface area contributed by atoms with Crippen LogP contribution in [0.3, 0.4) is 0 Å². The van der Waals surface area contributed by atoms with Gasteiger partial charge in [-0.1, -0.05) is 13.3 Å². The zero-order valence-corrected chi connectivity index (χ0v) is 14.6. The van der Waals surface area contributed by atoms with Gasteiger partial charge in [-0.2, -0.15) is 5.10 Å². The summed E-state index contributed by atoms with van der Waals surface area (Å²) in [6.07, 6.45) is 4.53. The average Bonchev–Trinajstić information content (AvgIpc) is 2.88. The van der Waals surface area contributed by atoms with E-state index < -0.39 is 0 Å². The summed E-state index contributed by atoms with van der Waals surface area (Å²) in [7, 11) is 0. The maximum Gasteiger partial charge on any atom is 0.283 e. The molecule has 21 heavy (non-hydrogen) atoms. The Hall–Kier alpha value is -1.21. The van der Waals surface area contributed by atoms with E-state index in [2.05, 4.69) is 38.3 Å². The molecular weight excluding hydrogens is 352 g/mol. The number of hydrogen-bond donors (Lipinski definition) is 1. The van der Waals surface area contributed by atoms with E-state index in [4.69, 9.17) is 0 Å². The standard InChI is InChI=1S/C14H19BrN4OS/c1-3-4-7-19-14(20)13(15)11(8-17-19)16-6-5-12-18-10(2)9-21-12/h8-9,16H,3-7H2,1-2H3. The number of hydrogen-bond acceptors (Lipinski definition) is 5. The van der Waals surface area contributed by atoms with Gasteiger partial charge in [-0.3, -0.25) is 4.79 Å². The molecule has 2 aromatic rings. The van der Waals surface area contributed by atoms with Crippen LogP contribution in [-0.4, -0.2) is 21.3 Å². The lowest BCUT2D eigenvalue weighted by molar-refractivity contribution is 0.541. The van der Waals surface area contributed by atoms with Gasteiger partial charge >= 0.3 is 0 Å². The van der Waals surface area contributed by atoms with E-state index in [1.54, 1.807) is 17.5 Å². The maximum atomic E-state index is 12.1. The van der Waals surface area contributed by atoms with Crippen molar-refractivity contribution in [3.63, 3.8) is 0 Å². The minimum absolute atomic E-state index is 0.0847. The molecule has 0 fully saturated rings. The first kappa shape index (κ1) is 16.2. The molecule has 0 aliphatic carbocycles. The molecule has 5 nitrogen and oxygen atoms in total. The molecule has 2 rings (SSSR count). The summed E-state index contributed by atoms with van der Waals surface area (Å²) in [6, 6.07) is 0. The predicted molar refractivity (Wildman–Crippen MR) is 90.1 cm³/mol. The van der Waals surface area contributed by atoms with E-state index >= 15 is 0 Å². The number of unbranched alkanes of at least 4 members (excludes halogenated alkanes) is 1. The third-order valence-corrected chi connectivity index (χ3v) is 4.82. The van der Waals surface area contributed by atoms with Crippen LogP contribution in [0, 0.1) is 6.92 Å². The summed E-state index contributed by atoms with van der Waals surface area (Å²) in [5, 5.41) is 10.6. The Morgan fingerprint density at radius 2 is 2.29 bits per heavy atom. The topological polar surface area (TPSA) is 59.8 Å². The summed E-state index contributed by atoms with van der Waals surface area (Å²) in [4.78, 5) is 16.6. The Morgan fingerprint density at radius 3 is 2.95 bits per heavy atom. The Balaban J connectivity index is 1.97. The number of anilines is 1. The zero-order valence-electron chi connectivity index (χ0n) is 12.2. The number of nitrogens with zero attached hydrogens (tertiary/aromatic N) is 3. The fourth-order valence-corrected chi connectivity index (χ4v) is 3.10. The molecule has 0 atom stereocenters. The summed E-state index contributed by atoms with van der Waals surface area (Å²) >= 11 is 5.02. The van der Waals surface area contributed by atoms with Crippen molar-refractivity contribution < 1.29 is 0 Å². The minimum Gasteiger partial charge on any atom is -0.382 e. The molecule has 0 amide bonds. The number of nitrogens with one attached hydrogen (secondary N) is 1. The Bertz CT molecular complexity index is 653. The molecule has 0 aliphatic rings. The molecule has 1 N–H and O–H groups in total. The third-order valence-electron chi connectivity index (χ3n) is 3.03. The second kappa shape index (κ2) is 7.70. The molecule has 0 spiro atoms. The van der Waals surface area contributed by atoms with Gasteiger partial charge in [-0.05, 0) is 29.3 Å². The monoisotopic (exact) mass is 370 g/mol. The molecule has 0 aromatic carbocycles. The molecule has 0 bridgehead atoms. The fourth-order valence-electron chi connectivity index (χ4n) is 1.88. The minimum atomic E-state index is -0.0847. The van der Waals surface area contributed by atoms with Gasteiger partial charge in [-0.15, -0.1) is 11.3 Å². The van der Waals surface area contributed by atoms with Crippen molar-refractivity contribution in [2.24, 2.45) is 0 Å². The normalized spacial score (nSPS) is 10.8. The fraction of sp³-hybridized carbons (Fsp3) is 0.500. The second-order valence-corrected chi connectivity index (χ2v) is 6.55. The number of rotatable bonds is 7. The molecule has 0 aliphatic heterocycles.